The molecule has 170 valence electrons. The minimum atomic E-state index is -4.88. The topological polar surface area (TPSA) is 93.2 Å². The summed E-state index contributed by atoms with van der Waals surface area (Å²) in [7, 11) is -6.36. The van der Waals surface area contributed by atoms with Gasteiger partial charge in [-0.15, -0.1) is 13.2 Å². The number of methoxy groups -OCH3 is 1. The van der Waals surface area contributed by atoms with Crippen molar-refractivity contribution in [3.05, 3.63) is 48.5 Å². The minimum Gasteiger partial charge on any atom is -0.497 e. The zero-order chi connectivity index (χ0) is 22.9. The second-order valence-corrected chi connectivity index (χ2v) is 10.4. The summed E-state index contributed by atoms with van der Waals surface area (Å²) in [5.41, 5.74) is 0. The van der Waals surface area contributed by atoms with Crippen molar-refractivity contribution in [3.63, 3.8) is 0 Å². The van der Waals surface area contributed by atoms with Gasteiger partial charge in [0, 0.05) is 26.2 Å². The van der Waals surface area contributed by atoms with E-state index >= 15 is 0 Å². The summed E-state index contributed by atoms with van der Waals surface area (Å²) in [5.74, 6) is -0.0385. The number of ether oxygens (including phenoxy) is 2. The molecule has 31 heavy (non-hydrogen) atoms. The number of nitrogens with zero attached hydrogens (tertiary/aromatic N) is 2. The number of sulfonamides is 2. The summed E-state index contributed by atoms with van der Waals surface area (Å²) in [6.07, 6.45) is -4.88. The molecule has 2 aromatic carbocycles. The molecule has 2 aromatic rings. The molecule has 0 saturated carbocycles. The lowest BCUT2D eigenvalue weighted by Crippen LogP contribution is -2.50. The van der Waals surface area contributed by atoms with E-state index < -0.39 is 32.2 Å². The van der Waals surface area contributed by atoms with E-state index in [0.29, 0.717) is 5.75 Å². The summed E-state index contributed by atoms with van der Waals surface area (Å²) >= 11 is 0. The highest BCUT2D eigenvalue weighted by atomic mass is 32.2. The van der Waals surface area contributed by atoms with E-state index in [1.165, 1.54) is 35.7 Å². The number of hydrogen-bond donors (Lipinski definition) is 0. The van der Waals surface area contributed by atoms with E-state index in [2.05, 4.69) is 4.74 Å². The molecule has 13 heteroatoms. The Kier molecular flexibility index (Phi) is 6.51. The summed E-state index contributed by atoms with van der Waals surface area (Å²) in [6.45, 7) is -0.331. The van der Waals surface area contributed by atoms with Crippen molar-refractivity contribution in [2.24, 2.45) is 0 Å². The number of alkyl halides is 3. The smallest absolute Gasteiger partial charge is 0.497 e. The van der Waals surface area contributed by atoms with Gasteiger partial charge in [-0.2, -0.15) is 8.61 Å². The normalized spacial score (nSPS) is 16.8. The lowest BCUT2D eigenvalue weighted by atomic mass is 10.3. The Balaban J connectivity index is 1.69. The van der Waals surface area contributed by atoms with Crippen LogP contribution in [-0.4, -0.2) is 65.1 Å². The molecule has 0 atom stereocenters. The Morgan fingerprint density at radius 2 is 1.06 bits per heavy atom. The number of rotatable bonds is 6. The van der Waals surface area contributed by atoms with Crippen LogP contribution in [0.3, 0.4) is 0 Å². The molecule has 1 fully saturated rings. The van der Waals surface area contributed by atoms with Crippen molar-refractivity contribution < 1.29 is 39.5 Å². The average Bonchev–Trinajstić information content (AvgIpc) is 2.73. The first-order valence-electron chi connectivity index (χ1n) is 8.94. The Morgan fingerprint density at radius 3 is 1.39 bits per heavy atom. The Labute approximate surface area is 177 Å². The standard InChI is InChI=1S/C18H19F3N2O6S2/c1-28-14-2-6-16(7-3-14)30(24,25)22-10-12-23(13-11-22)31(26,27)17-8-4-15(5-9-17)29-18(19,20)21/h2-9H,10-13H2,1H3. The van der Waals surface area contributed by atoms with Gasteiger partial charge in [-0.1, -0.05) is 0 Å². The molecule has 0 unspecified atom stereocenters. The Bertz CT molecular complexity index is 1110. The average molecular weight is 480 g/mol. The predicted molar refractivity (Wildman–Crippen MR) is 104 cm³/mol. The number of halogens is 3. The van der Waals surface area contributed by atoms with E-state index in [4.69, 9.17) is 4.74 Å². The largest absolute Gasteiger partial charge is 0.573 e. The van der Waals surface area contributed by atoms with E-state index in [9.17, 15) is 30.0 Å². The first-order valence-corrected chi connectivity index (χ1v) is 11.8. The fraction of sp³-hybridized carbons (Fsp3) is 0.333. The quantitative estimate of drug-likeness (QED) is 0.630. The van der Waals surface area contributed by atoms with Gasteiger partial charge in [0.05, 0.1) is 16.9 Å². The third-order valence-electron chi connectivity index (χ3n) is 4.59. The molecule has 0 aromatic heterocycles. The molecule has 3 rings (SSSR count). The van der Waals surface area contributed by atoms with Gasteiger partial charge in [0.1, 0.15) is 11.5 Å². The van der Waals surface area contributed by atoms with Gasteiger partial charge < -0.3 is 9.47 Å². The third-order valence-corrected chi connectivity index (χ3v) is 8.42. The third kappa shape index (κ3) is 5.29. The zero-order valence-corrected chi connectivity index (χ0v) is 17.9. The highest BCUT2D eigenvalue weighted by Crippen LogP contribution is 2.26. The van der Waals surface area contributed by atoms with Crippen LogP contribution in [-0.2, 0) is 20.0 Å². The summed E-state index contributed by atoms with van der Waals surface area (Å²) in [6, 6.07) is 9.67. The van der Waals surface area contributed by atoms with E-state index in [-0.39, 0.29) is 36.0 Å². The maximum Gasteiger partial charge on any atom is 0.573 e. The van der Waals surface area contributed by atoms with Crippen LogP contribution in [0.2, 0.25) is 0 Å². The zero-order valence-electron chi connectivity index (χ0n) is 16.2. The molecule has 1 heterocycles. The molecule has 0 radical (unpaired) electrons. The van der Waals surface area contributed by atoms with Gasteiger partial charge in [0.25, 0.3) is 0 Å². The molecule has 0 bridgehead atoms. The Hall–Kier alpha value is -2.35. The first kappa shape index (κ1) is 23.3. The lowest BCUT2D eigenvalue weighted by Gasteiger charge is -2.33. The second-order valence-electron chi connectivity index (χ2n) is 6.50. The van der Waals surface area contributed by atoms with E-state index in [0.717, 1.165) is 28.6 Å². The van der Waals surface area contributed by atoms with E-state index in [1.807, 2.05) is 0 Å². The number of piperazine rings is 1. The van der Waals surface area contributed by atoms with Crippen molar-refractivity contribution in [3.8, 4) is 11.5 Å². The summed E-state index contributed by atoms with van der Waals surface area (Å²) in [5, 5.41) is 0. The fourth-order valence-corrected chi connectivity index (χ4v) is 5.85. The molecular formula is C18H19F3N2O6S2. The van der Waals surface area contributed by atoms with Gasteiger partial charge >= 0.3 is 6.36 Å². The summed E-state index contributed by atoms with van der Waals surface area (Å²) < 4.78 is 98.8. The Morgan fingerprint density at radius 1 is 0.710 bits per heavy atom. The molecular weight excluding hydrogens is 461 g/mol. The van der Waals surface area contributed by atoms with Crippen LogP contribution in [0, 0.1) is 0 Å². The molecule has 0 amide bonds. The minimum absolute atomic E-state index is 0.0601. The van der Waals surface area contributed by atoms with E-state index in [1.54, 1.807) is 0 Å². The molecule has 8 nitrogen and oxygen atoms in total. The maximum atomic E-state index is 12.8. The van der Waals surface area contributed by atoms with Crippen LogP contribution in [0.1, 0.15) is 0 Å². The lowest BCUT2D eigenvalue weighted by molar-refractivity contribution is -0.274. The highest BCUT2D eigenvalue weighted by molar-refractivity contribution is 7.89. The fourth-order valence-electron chi connectivity index (χ4n) is 3.01. The predicted octanol–water partition coefficient (Wildman–Crippen LogP) is 2.29. The van der Waals surface area contributed by atoms with Crippen molar-refractivity contribution in [1.82, 2.24) is 8.61 Å². The second kappa shape index (κ2) is 8.65. The van der Waals surface area contributed by atoms with Gasteiger partial charge in [-0.3, -0.25) is 0 Å². The first-order chi connectivity index (χ1) is 14.4. The van der Waals surface area contributed by atoms with Crippen LogP contribution in [0.4, 0.5) is 13.2 Å². The van der Waals surface area contributed by atoms with Crippen molar-refractivity contribution in [2.75, 3.05) is 33.3 Å². The van der Waals surface area contributed by atoms with Crippen molar-refractivity contribution in [2.45, 2.75) is 16.2 Å². The van der Waals surface area contributed by atoms with Gasteiger partial charge in [-0.25, -0.2) is 16.8 Å². The van der Waals surface area contributed by atoms with Crippen LogP contribution in [0.5, 0.6) is 11.5 Å². The van der Waals surface area contributed by atoms with Crippen LogP contribution >= 0.6 is 0 Å². The van der Waals surface area contributed by atoms with Crippen LogP contribution in [0.25, 0.3) is 0 Å². The number of hydrogen-bond acceptors (Lipinski definition) is 6. The molecule has 0 N–H and O–H groups in total. The van der Waals surface area contributed by atoms with Crippen LogP contribution < -0.4 is 9.47 Å². The number of benzene rings is 2. The molecule has 1 aliphatic rings. The molecule has 0 aliphatic carbocycles. The molecule has 1 saturated heterocycles. The van der Waals surface area contributed by atoms with Crippen molar-refractivity contribution >= 4 is 20.0 Å². The van der Waals surface area contributed by atoms with Gasteiger partial charge in [-0.05, 0) is 48.5 Å². The van der Waals surface area contributed by atoms with Gasteiger partial charge in [0.2, 0.25) is 20.0 Å². The molecule has 1 aliphatic heterocycles. The van der Waals surface area contributed by atoms with Gasteiger partial charge in [0.15, 0.2) is 0 Å². The highest BCUT2D eigenvalue weighted by Gasteiger charge is 2.34. The monoisotopic (exact) mass is 480 g/mol. The summed E-state index contributed by atoms with van der Waals surface area (Å²) in [4.78, 5) is -0.154. The van der Waals surface area contributed by atoms with Crippen LogP contribution in [0.15, 0.2) is 58.3 Å². The maximum absolute atomic E-state index is 12.8. The SMILES string of the molecule is COc1ccc(S(=O)(=O)N2CCN(S(=O)(=O)c3ccc(OC(F)(F)F)cc3)CC2)cc1. The van der Waals surface area contributed by atoms with Crippen molar-refractivity contribution in [1.29, 1.82) is 0 Å². The molecule has 0 spiro atoms.